The van der Waals surface area contributed by atoms with E-state index in [1.54, 1.807) is 0 Å². The Morgan fingerprint density at radius 3 is 2.81 bits per heavy atom. The minimum atomic E-state index is -3.97. The fourth-order valence-electron chi connectivity index (χ4n) is 2.99. The van der Waals surface area contributed by atoms with Gasteiger partial charge >= 0.3 is 0 Å². The molecule has 4 N–H and O–H groups in total. The van der Waals surface area contributed by atoms with E-state index in [1.165, 1.54) is 19.8 Å². The number of carbonyl (C=O) groups is 1. The van der Waals surface area contributed by atoms with E-state index in [0.717, 1.165) is 12.8 Å². The van der Waals surface area contributed by atoms with E-state index in [4.69, 9.17) is 5.14 Å². The molecule has 118 valence electrons. The lowest BCUT2D eigenvalue weighted by molar-refractivity contribution is 0.0932. The monoisotopic (exact) mass is 314 g/mol. The molecule has 1 amide bonds. The number of primary sulfonamides is 1. The van der Waals surface area contributed by atoms with Gasteiger partial charge in [-0.2, -0.15) is 5.10 Å². The third-order valence-electron chi connectivity index (χ3n) is 3.99. The molecule has 21 heavy (non-hydrogen) atoms. The molecule has 0 aliphatic heterocycles. The number of aromatic amines is 1. The highest BCUT2D eigenvalue weighted by molar-refractivity contribution is 7.89. The molecule has 0 spiro atoms. The topological polar surface area (TPSA) is 118 Å². The zero-order valence-corrected chi connectivity index (χ0v) is 13.2. The van der Waals surface area contributed by atoms with Crippen LogP contribution in [0.5, 0.6) is 0 Å². The van der Waals surface area contributed by atoms with Crippen LogP contribution in [0.1, 0.15) is 48.8 Å². The number of aryl methyl sites for hydroxylation is 1. The molecule has 0 radical (unpaired) electrons. The summed E-state index contributed by atoms with van der Waals surface area (Å²) >= 11 is 0. The number of nitrogens with zero attached hydrogens (tertiary/aromatic N) is 1. The normalized spacial score (nSPS) is 23.0. The molecule has 1 aliphatic carbocycles. The summed E-state index contributed by atoms with van der Waals surface area (Å²) in [6, 6.07) is 0. The molecule has 8 heteroatoms. The highest BCUT2D eigenvalue weighted by Crippen LogP contribution is 2.28. The number of rotatable bonds is 4. The Balaban J connectivity index is 2.04. The molecule has 1 aromatic rings. The van der Waals surface area contributed by atoms with E-state index >= 15 is 0 Å². The largest absolute Gasteiger partial charge is 0.350 e. The highest BCUT2D eigenvalue weighted by Gasteiger charge is 2.26. The van der Waals surface area contributed by atoms with Gasteiger partial charge in [0.15, 0.2) is 5.69 Å². The molecule has 1 heterocycles. The van der Waals surface area contributed by atoms with Gasteiger partial charge in [0, 0.05) is 6.54 Å². The SMILES string of the molecule is Cc1[nH]nc(C(=O)NCC2CCCC(C)C2)c1S(N)(=O)=O. The van der Waals surface area contributed by atoms with E-state index in [0.29, 0.717) is 18.4 Å². The molecular formula is C13H22N4O3S. The van der Waals surface area contributed by atoms with Crippen molar-refractivity contribution in [1.29, 1.82) is 0 Å². The number of nitrogens with two attached hydrogens (primary N) is 1. The summed E-state index contributed by atoms with van der Waals surface area (Å²) in [6.45, 7) is 4.27. The van der Waals surface area contributed by atoms with Gasteiger partial charge in [0.1, 0.15) is 4.90 Å². The van der Waals surface area contributed by atoms with Gasteiger partial charge in [-0.3, -0.25) is 9.89 Å². The predicted molar refractivity (Wildman–Crippen MR) is 78.2 cm³/mol. The van der Waals surface area contributed by atoms with Crippen LogP contribution in [0, 0.1) is 18.8 Å². The van der Waals surface area contributed by atoms with Crippen molar-refractivity contribution in [2.24, 2.45) is 17.0 Å². The van der Waals surface area contributed by atoms with Gasteiger partial charge in [0.2, 0.25) is 10.0 Å². The van der Waals surface area contributed by atoms with Gasteiger partial charge < -0.3 is 5.32 Å². The minimum Gasteiger partial charge on any atom is -0.350 e. The van der Waals surface area contributed by atoms with Crippen LogP contribution in [-0.4, -0.2) is 31.1 Å². The van der Waals surface area contributed by atoms with Crippen molar-refractivity contribution < 1.29 is 13.2 Å². The number of aromatic nitrogens is 2. The average Bonchev–Trinajstić information content (AvgIpc) is 2.78. The molecule has 2 rings (SSSR count). The summed E-state index contributed by atoms with van der Waals surface area (Å²) in [5, 5.41) is 14.2. The van der Waals surface area contributed by atoms with Crippen molar-refractivity contribution in [1.82, 2.24) is 15.5 Å². The fraction of sp³-hybridized carbons (Fsp3) is 0.692. The second kappa shape index (κ2) is 6.15. The van der Waals surface area contributed by atoms with Crippen LogP contribution < -0.4 is 10.5 Å². The lowest BCUT2D eigenvalue weighted by Gasteiger charge is -2.26. The van der Waals surface area contributed by atoms with Crippen molar-refractivity contribution in [2.75, 3.05) is 6.54 Å². The molecule has 1 aromatic heterocycles. The molecule has 2 unspecified atom stereocenters. The van der Waals surface area contributed by atoms with E-state index in [9.17, 15) is 13.2 Å². The Bertz CT molecular complexity index is 623. The number of H-pyrrole nitrogens is 1. The second-order valence-electron chi connectivity index (χ2n) is 5.92. The predicted octanol–water partition coefficient (Wildman–Crippen LogP) is 0.922. The number of sulfonamides is 1. The van der Waals surface area contributed by atoms with E-state index in [-0.39, 0.29) is 16.3 Å². The molecule has 0 bridgehead atoms. The number of hydrogen-bond acceptors (Lipinski definition) is 4. The first-order chi connectivity index (χ1) is 9.79. The Labute approximate surface area is 124 Å². The Hall–Kier alpha value is -1.41. The number of hydrogen-bond donors (Lipinski definition) is 3. The van der Waals surface area contributed by atoms with Crippen LogP contribution in [0.15, 0.2) is 4.90 Å². The van der Waals surface area contributed by atoms with Crippen molar-refractivity contribution in [2.45, 2.75) is 44.4 Å². The van der Waals surface area contributed by atoms with E-state index in [2.05, 4.69) is 22.4 Å². The Morgan fingerprint density at radius 2 is 2.19 bits per heavy atom. The van der Waals surface area contributed by atoms with Crippen LogP contribution in [0.3, 0.4) is 0 Å². The molecule has 2 atom stereocenters. The minimum absolute atomic E-state index is 0.154. The quantitative estimate of drug-likeness (QED) is 0.765. The van der Waals surface area contributed by atoms with Gasteiger partial charge in [-0.1, -0.05) is 19.8 Å². The molecule has 0 saturated heterocycles. The summed E-state index contributed by atoms with van der Waals surface area (Å²) in [6.07, 6.45) is 4.58. The zero-order chi connectivity index (χ0) is 15.6. The average molecular weight is 314 g/mol. The van der Waals surface area contributed by atoms with Gasteiger partial charge in [-0.15, -0.1) is 0 Å². The first-order valence-electron chi connectivity index (χ1n) is 7.15. The zero-order valence-electron chi connectivity index (χ0n) is 12.3. The summed E-state index contributed by atoms with van der Waals surface area (Å²) in [5.74, 6) is 0.616. The lowest BCUT2D eigenvalue weighted by Crippen LogP contribution is -2.32. The maximum absolute atomic E-state index is 12.1. The van der Waals surface area contributed by atoms with Crippen LogP contribution in [0.4, 0.5) is 0 Å². The summed E-state index contributed by atoms with van der Waals surface area (Å²) < 4.78 is 23.1. The number of nitrogens with one attached hydrogen (secondary N) is 2. The highest BCUT2D eigenvalue weighted by atomic mass is 32.2. The van der Waals surface area contributed by atoms with Crippen LogP contribution in [-0.2, 0) is 10.0 Å². The first kappa shape index (κ1) is 16.0. The number of amides is 1. The van der Waals surface area contributed by atoms with Gasteiger partial charge in [0.05, 0.1) is 5.69 Å². The van der Waals surface area contributed by atoms with Gasteiger partial charge in [-0.25, -0.2) is 13.6 Å². The Kier molecular flexibility index (Phi) is 4.67. The molecule has 1 aliphatic rings. The molecule has 1 fully saturated rings. The van der Waals surface area contributed by atoms with Crippen molar-refractivity contribution >= 4 is 15.9 Å². The fourth-order valence-corrected chi connectivity index (χ4v) is 3.87. The third-order valence-corrected chi connectivity index (χ3v) is 5.06. The van der Waals surface area contributed by atoms with E-state index in [1.807, 2.05) is 0 Å². The smallest absolute Gasteiger partial charge is 0.273 e. The van der Waals surface area contributed by atoms with Crippen LogP contribution >= 0.6 is 0 Å². The summed E-state index contributed by atoms with van der Waals surface area (Å²) in [5.41, 5.74) is 0.118. The summed E-state index contributed by atoms with van der Waals surface area (Å²) in [7, 11) is -3.97. The maximum Gasteiger partial charge on any atom is 0.273 e. The molecule has 7 nitrogen and oxygen atoms in total. The van der Waals surface area contributed by atoms with Crippen molar-refractivity contribution in [3.8, 4) is 0 Å². The number of carbonyl (C=O) groups excluding carboxylic acids is 1. The van der Waals surface area contributed by atoms with Crippen LogP contribution in [0.2, 0.25) is 0 Å². The lowest BCUT2D eigenvalue weighted by atomic mass is 9.82. The molecule has 1 saturated carbocycles. The van der Waals surface area contributed by atoms with E-state index < -0.39 is 15.9 Å². The summed E-state index contributed by atoms with van der Waals surface area (Å²) in [4.78, 5) is 11.9. The van der Waals surface area contributed by atoms with Crippen molar-refractivity contribution in [3.05, 3.63) is 11.4 Å². The van der Waals surface area contributed by atoms with Crippen LogP contribution in [0.25, 0.3) is 0 Å². The maximum atomic E-state index is 12.1. The van der Waals surface area contributed by atoms with Gasteiger partial charge in [0.25, 0.3) is 5.91 Å². The second-order valence-corrected chi connectivity index (χ2v) is 7.42. The molecule has 0 aromatic carbocycles. The standard InChI is InChI=1S/C13H22N4O3S/c1-8-4-3-5-10(6-8)7-15-13(18)11-12(21(14,19)20)9(2)16-17-11/h8,10H,3-7H2,1-2H3,(H,15,18)(H,16,17)(H2,14,19,20). The first-order valence-corrected chi connectivity index (χ1v) is 8.69. The Morgan fingerprint density at radius 1 is 1.48 bits per heavy atom. The van der Waals surface area contributed by atoms with Crippen molar-refractivity contribution in [3.63, 3.8) is 0 Å². The third kappa shape index (κ3) is 3.82. The molecular weight excluding hydrogens is 292 g/mol. The van der Waals surface area contributed by atoms with Gasteiger partial charge in [-0.05, 0) is 31.6 Å².